The lowest BCUT2D eigenvalue weighted by Crippen LogP contribution is -1.94. The largest absolute Gasteiger partial charge is 0.472 e. The highest BCUT2D eigenvalue weighted by Crippen LogP contribution is 1.88. The Morgan fingerprint density at radius 2 is 1.57 bits per heavy atom. The SMILES string of the molecule is C1=COCOCO1. The van der Waals surface area contributed by atoms with Crippen LogP contribution >= 0.6 is 0 Å². The fourth-order valence-electron chi connectivity index (χ4n) is 0.287. The molecule has 0 spiro atoms. The summed E-state index contributed by atoms with van der Waals surface area (Å²) in [7, 11) is 0. The molecule has 40 valence electrons. The van der Waals surface area contributed by atoms with Crippen LogP contribution in [0.5, 0.6) is 0 Å². The van der Waals surface area contributed by atoms with Crippen LogP contribution in [0.25, 0.3) is 0 Å². The van der Waals surface area contributed by atoms with Crippen LogP contribution in [-0.4, -0.2) is 13.6 Å². The van der Waals surface area contributed by atoms with E-state index in [9.17, 15) is 0 Å². The molecule has 0 N–H and O–H groups in total. The Morgan fingerprint density at radius 1 is 1.00 bits per heavy atom. The van der Waals surface area contributed by atoms with Gasteiger partial charge in [-0.05, 0) is 0 Å². The summed E-state index contributed by atoms with van der Waals surface area (Å²) in [6.07, 6.45) is 2.90. The molecule has 0 atom stereocenters. The first-order valence-electron chi connectivity index (χ1n) is 1.96. The lowest BCUT2D eigenvalue weighted by atomic mass is 11.0. The van der Waals surface area contributed by atoms with Crippen molar-refractivity contribution in [3.05, 3.63) is 12.5 Å². The summed E-state index contributed by atoms with van der Waals surface area (Å²) in [4.78, 5) is 0. The first kappa shape index (κ1) is 4.46. The summed E-state index contributed by atoms with van der Waals surface area (Å²) in [5.41, 5.74) is 0. The first-order valence-corrected chi connectivity index (χ1v) is 1.96. The molecule has 0 fully saturated rings. The number of hydrogen-bond acceptors (Lipinski definition) is 3. The molecule has 1 rings (SSSR count). The summed E-state index contributed by atoms with van der Waals surface area (Å²) in [6.45, 7) is 0.576. The van der Waals surface area contributed by atoms with Crippen LogP contribution in [0.2, 0.25) is 0 Å². The highest BCUT2D eigenvalue weighted by Gasteiger charge is 1.86. The van der Waals surface area contributed by atoms with Gasteiger partial charge in [0.1, 0.15) is 12.5 Å². The van der Waals surface area contributed by atoms with Gasteiger partial charge in [-0.3, -0.25) is 0 Å². The van der Waals surface area contributed by atoms with Crippen LogP contribution < -0.4 is 0 Å². The lowest BCUT2D eigenvalue weighted by molar-refractivity contribution is -0.0673. The Bertz CT molecular complexity index is 61.3. The molecule has 0 radical (unpaired) electrons. The van der Waals surface area contributed by atoms with Crippen LogP contribution in [-0.2, 0) is 14.2 Å². The first-order chi connectivity index (χ1) is 3.50. The van der Waals surface area contributed by atoms with Crippen molar-refractivity contribution >= 4 is 0 Å². The molecule has 0 aromatic rings. The van der Waals surface area contributed by atoms with E-state index in [4.69, 9.17) is 0 Å². The number of hydrogen-bond donors (Lipinski definition) is 0. The van der Waals surface area contributed by atoms with Gasteiger partial charge in [0.2, 0.25) is 0 Å². The maximum absolute atomic E-state index is 4.69. The molecule has 0 aliphatic carbocycles. The maximum Gasteiger partial charge on any atom is 0.192 e. The zero-order valence-electron chi connectivity index (χ0n) is 3.79. The normalized spacial score (nSPS) is 19.4. The van der Waals surface area contributed by atoms with Crippen molar-refractivity contribution in [2.24, 2.45) is 0 Å². The zero-order valence-corrected chi connectivity index (χ0v) is 3.79. The zero-order chi connectivity index (χ0) is 4.95. The van der Waals surface area contributed by atoms with E-state index in [1.54, 1.807) is 0 Å². The molecule has 0 aromatic heterocycles. The molecular formula is C4H6O3. The molecule has 1 aliphatic rings. The van der Waals surface area contributed by atoms with E-state index in [0.29, 0.717) is 0 Å². The number of rotatable bonds is 0. The van der Waals surface area contributed by atoms with Crippen molar-refractivity contribution in [2.75, 3.05) is 13.6 Å². The van der Waals surface area contributed by atoms with Gasteiger partial charge >= 0.3 is 0 Å². The third kappa shape index (κ3) is 1.45. The summed E-state index contributed by atoms with van der Waals surface area (Å²) in [6, 6.07) is 0. The second-order valence-corrected chi connectivity index (χ2v) is 1.05. The average molecular weight is 102 g/mol. The van der Waals surface area contributed by atoms with E-state index in [0.717, 1.165) is 0 Å². The Morgan fingerprint density at radius 3 is 2.14 bits per heavy atom. The van der Waals surface area contributed by atoms with Crippen LogP contribution in [0, 0.1) is 0 Å². The Kier molecular flexibility index (Phi) is 1.57. The maximum atomic E-state index is 4.69. The Balaban J connectivity index is 2.20. The highest BCUT2D eigenvalue weighted by molar-refractivity contribution is 4.59. The molecule has 0 unspecified atom stereocenters. The minimum atomic E-state index is 0.288. The smallest absolute Gasteiger partial charge is 0.192 e. The van der Waals surface area contributed by atoms with Crippen molar-refractivity contribution in [1.29, 1.82) is 0 Å². The van der Waals surface area contributed by atoms with Gasteiger partial charge in [-0.2, -0.15) is 0 Å². The van der Waals surface area contributed by atoms with Crippen molar-refractivity contribution < 1.29 is 14.2 Å². The van der Waals surface area contributed by atoms with Crippen LogP contribution in [0.4, 0.5) is 0 Å². The third-order valence-electron chi connectivity index (χ3n) is 0.551. The molecule has 1 aliphatic heterocycles. The molecule has 0 saturated heterocycles. The van der Waals surface area contributed by atoms with Crippen molar-refractivity contribution in [2.45, 2.75) is 0 Å². The Hall–Kier alpha value is -0.700. The van der Waals surface area contributed by atoms with Crippen molar-refractivity contribution in [1.82, 2.24) is 0 Å². The molecule has 0 bridgehead atoms. The summed E-state index contributed by atoms with van der Waals surface area (Å²) in [5, 5.41) is 0. The Labute approximate surface area is 41.5 Å². The molecule has 7 heavy (non-hydrogen) atoms. The van der Waals surface area contributed by atoms with Gasteiger partial charge in [0.15, 0.2) is 13.6 Å². The quantitative estimate of drug-likeness (QED) is 0.444. The molecule has 3 nitrogen and oxygen atoms in total. The molecule has 0 saturated carbocycles. The molecule has 0 amide bonds. The topological polar surface area (TPSA) is 27.7 Å². The molecule has 3 heteroatoms. The second kappa shape index (κ2) is 2.47. The summed E-state index contributed by atoms with van der Waals surface area (Å²) >= 11 is 0. The fourth-order valence-corrected chi connectivity index (χ4v) is 0.287. The summed E-state index contributed by atoms with van der Waals surface area (Å²) in [5.74, 6) is 0. The van der Waals surface area contributed by atoms with E-state index in [1.807, 2.05) is 0 Å². The minimum absolute atomic E-state index is 0.288. The number of ether oxygens (including phenoxy) is 3. The van der Waals surface area contributed by atoms with Gasteiger partial charge < -0.3 is 14.2 Å². The van der Waals surface area contributed by atoms with Gasteiger partial charge in [-0.1, -0.05) is 0 Å². The minimum Gasteiger partial charge on any atom is -0.472 e. The van der Waals surface area contributed by atoms with Gasteiger partial charge in [0, 0.05) is 0 Å². The van der Waals surface area contributed by atoms with Crippen molar-refractivity contribution in [3.8, 4) is 0 Å². The molecule has 1 heterocycles. The van der Waals surface area contributed by atoms with Gasteiger partial charge in [0.25, 0.3) is 0 Å². The van der Waals surface area contributed by atoms with E-state index in [1.165, 1.54) is 12.5 Å². The standard InChI is InChI=1S/C4H6O3/c1-2-6-4-7-3-5-1/h1-2H,3-4H2. The lowest BCUT2D eigenvalue weighted by Gasteiger charge is -1.94. The van der Waals surface area contributed by atoms with Crippen LogP contribution in [0.1, 0.15) is 0 Å². The molecule has 0 aromatic carbocycles. The second-order valence-electron chi connectivity index (χ2n) is 1.05. The van der Waals surface area contributed by atoms with Crippen molar-refractivity contribution in [3.63, 3.8) is 0 Å². The van der Waals surface area contributed by atoms with Crippen LogP contribution in [0.15, 0.2) is 12.5 Å². The van der Waals surface area contributed by atoms with Gasteiger partial charge in [0.05, 0.1) is 0 Å². The summed E-state index contributed by atoms with van der Waals surface area (Å²) < 4.78 is 14.0. The average Bonchev–Trinajstić information content (AvgIpc) is 1.90. The predicted molar refractivity (Wildman–Crippen MR) is 22.1 cm³/mol. The van der Waals surface area contributed by atoms with E-state index in [-0.39, 0.29) is 13.6 Å². The van der Waals surface area contributed by atoms with Crippen LogP contribution in [0.3, 0.4) is 0 Å². The van der Waals surface area contributed by atoms with E-state index in [2.05, 4.69) is 14.2 Å². The monoisotopic (exact) mass is 102 g/mol. The fraction of sp³-hybridized carbons (Fsp3) is 0.500. The molecular weight excluding hydrogens is 96.0 g/mol. The third-order valence-corrected chi connectivity index (χ3v) is 0.551. The predicted octanol–water partition coefficient (Wildman–Crippen LogP) is 0.436. The van der Waals surface area contributed by atoms with Gasteiger partial charge in [-0.15, -0.1) is 0 Å². The van der Waals surface area contributed by atoms with E-state index >= 15 is 0 Å². The van der Waals surface area contributed by atoms with Gasteiger partial charge in [-0.25, -0.2) is 0 Å². The van der Waals surface area contributed by atoms with E-state index < -0.39 is 0 Å². The highest BCUT2D eigenvalue weighted by atomic mass is 16.7.